The van der Waals surface area contributed by atoms with Crippen LogP contribution in [0.1, 0.15) is 34.6 Å². The molecule has 0 radical (unpaired) electrons. The number of carbonyl (C=O) groups is 3. The highest BCUT2D eigenvalue weighted by molar-refractivity contribution is 7.89. The molecule has 0 aliphatic rings. The summed E-state index contributed by atoms with van der Waals surface area (Å²) in [5, 5.41) is 2.11. The van der Waals surface area contributed by atoms with Crippen molar-refractivity contribution in [2.75, 3.05) is 26.8 Å². The van der Waals surface area contributed by atoms with Gasteiger partial charge in [-0.05, 0) is 30.3 Å². The highest BCUT2D eigenvalue weighted by Gasteiger charge is 2.27. The molecule has 0 atom stereocenters. The van der Waals surface area contributed by atoms with E-state index in [2.05, 4.69) is 5.32 Å². The van der Waals surface area contributed by atoms with E-state index in [9.17, 15) is 22.8 Å². The maximum atomic E-state index is 12.9. The molecule has 0 saturated heterocycles. The number of sulfonamides is 1. The molecule has 1 N–H and O–H groups in total. The molecule has 0 bridgehead atoms. The highest BCUT2D eigenvalue weighted by Crippen LogP contribution is 2.28. The number of carbonyl (C=O) groups excluding carboxylic acids is 3. The first-order chi connectivity index (χ1) is 14.7. The normalized spacial score (nSPS) is 11.1. The Balaban J connectivity index is 2.12. The van der Waals surface area contributed by atoms with E-state index in [1.807, 2.05) is 0 Å². The van der Waals surface area contributed by atoms with E-state index in [1.165, 1.54) is 35.7 Å². The van der Waals surface area contributed by atoms with Gasteiger partial charge >= 0.3 is 5.97 Å². The van der Waals surface area contributed by atoms with E-state index in [-0.39, 0.29) is 34.9 Å². The average molecular weight is 448 g/mol. The number of nitrogens with one attached hydrogen (secondary N) is 1. The molecule has 31 heavy (non-hydrogen) atoms. The van der Waals surface area contributed by atoms with E-state index in [0.717, 1.165) is 6.07 Å². The third-order valence-corrected chi connectivity index (χ3v) is 6.42. The van der Waals surface area contributed by atoms with Crippen molar-refractivity contribution >= 4 is 27.8 Å². The fraction of sp³-hybridized carbons (Fsp3) is 0.286. The van der Waals surface area contributed by atoms with Crippen LogP contribution in [0, 0.1) is 0 Å². The lowest BCUT2D eigenvalue weighted by atomic mass is 10.2. The molecule has 0 aromatic heterocycles. The second-order valence-corrected chi connectivity index (χ2v) is 8.18. The molecule has 0 aliphatic carbocycles. The van der Waals surface area contributed by atoms with Crippen molar-refractivity contribution in [3.8, 4) is 5.75 Å². The van der Waals surface area contributed by atoms with E-state index in [4.69, 9.17) is 9.47 Å². The largest absolute Gasteiger partial charge is 0.495 e. The summed E-state index contributed by atoms with van der Waals surface area (Å²) in [5.74, 6) is -2.28. The van der Waals surface area contributed by atoms with Crippen molar-refractivity contribution in [1.29, 1.82) is 0 Å². The molecule has 0 fully saturated rings. The number of nitrogens with zero attached hydrogens (tertiary/aromatic N) is 1. The van der Waals surface area contributed by atoms with Gasteiger partial charge in [0.25, 0.3) is 11.8 Å². The Labute approximate surface area is 181 Å². The predicted molar refractivity (Wildman–Crippen MR) is 112 cm³/mol. The molecule has 0 saturated carbocycles. The van der Waals surface area contributed by atoms with Gasteiger partial charge in [0.05, 0.1) is 12.7 Å². The van der Waals surface area contributed by atoms with Crippen LogP contribution in [0.25, 0.3) is 0 Å². The van der Waals surface area contributed by atoms with Gasteiger partial charge in [-0.1, -0.05) is 32.0 Å². The molecule has 2 aromatic carbocycles. The number of benzene rings is 2. The number of esters is 1. The number of ether oxygens (including phenoxy) is 2. The minimum atomic E-state index is -3.90. The van der Waals surface area contributed by atoms with Crippen molar-refractivity contribution in [2.45, 2.75) is 18.7 Å². The van der Waals surface area contributed by atoms with Crippen LogP contribution in [-0.2, 0) is 19.6 Å². The van der Waals surface area contributed by atoms with Crippen LogP contribution < -0.4 is 10.1 Å². The molecule has 0 spiro atoms. The minimum absolute atomic E-state index is 0.0753. The first-order valence-electron chi connectivity index (χ1n) is 9.49. The second-order valence-electron chi connectivity index (χ2n) is 6.27. The number of rotatable bonds is 9. The van der Waals surface area contributed by atoms with E-state index >= 15 is 0 Å². The van der Waals surface area contributed by atoms with Crippen molar-refractivity contribution in [3.63, 3.8) is 0 Å². The van der Waals surface area contributed by atoms with Crippen molar-refractivity contribution in [2.24, 2.45) is 0 Å². The number of methoxy groups -OCH3 is 1. The minimum Gasteiger partial charge on any atom is -0.495 e. The van der Waals surface area contributed by atoms with Crippen LogP contribution >= 0.6 is 0 Å². The van der Waals surface area contributed by atoms with Gasteiger partial charge in [0.2, 0.25) is 10.0 Å². The fourth-order valence-electron chi connectivity index (χ4n) is 2.75. The van der Waals surface area contributed by atoms with Crippen LogP contribution in [0.5, 0.6) is 5.75 Å². The molecule has 166 valence electrons. The number of hydrogen-bond acceptors (Lipinski definition) is 7. The Morgan fingerprint density at radius 2 is 1.61 bits per heavy atom. The van der Waals surface area contributed by atoms with Crippen LogP contribution in [0.15, 0.2) is 53.4 Å². The summed E-state index contributed by atoms with van der Waals surface area (Å²) in [6.07, 6.45) is 0. The molecular weight excluding hydrogens is 424 g/mol. The summed E-state index contributed by atoms with van der Waals surface area (Å²) in [7, 11) is -2.58. The van der Waals surface area contributed by atoms with Crippen LogP contribution in [0.3, 0.4) is 0 Å². The van der Waals surface area contributed by atoms with Crippen molar-refractivity contribution < 1.29 is 32.3 Å². The third-order valence-electron chi connectivity index (χ3n) is 4.35. The predicted octanol–water partition coefficient (Wildman–Crippen LogP) is 1.84. The van der Waals surface area contributed by atoms with Gasteiger partial charge in [-0.3, -0.25) is 14.9 Å². The fourth-order valence-corrected chi connectivity index (χ4v) is 4.39. The monoisotopic (exact) mass is 448 g/mol. The van der Waals surface area contributed by atoms with Gasteiger partial charge in [0.1, 0.15) is 10.6 Å². The number of hydrogen-bond donors (Lipinski definition) is 1. The van der Waals surface area contributed by atoms with Gasteiger partial charge in [0, 0.05) is 18.7 Å². The van der Waals surface area contributed by atoms with Crippen molar-refractivity contribution in [3.05, 3.63) is 59.7 Å². The molecule has 2 amide bonds. The molecular formula is C21H24N2O7S. The quantitative estimate of drug-likeness (QED) is 0.581. The Hall–Kier alpha value is -3.24. The zero-order chi connectivity index (χ0) is 23.0. The maximum absolute atomic E-state index is 12.9. The molecule has 0 unspecified atom stereocenters. The van der Waals surface area contributed by atoms with E-state index in [1.54, 1.807) is 32.0 Å². The summed E-state index contributed by atoms with van der Waals surface area (Å²) in [5.41, 5.74) is 0.206. The molecule has 0 heterocycles. The molecule has 9 nitrogen and oxygen atoms in total. The zero-order valence-corrected chi connectivity index (χ0v) is 18.3. The molecule has 0 aliphatic heterocycles. The summed E-state index contributed by atoms with van der Waals surface area (Å²) >= 11 is 0. The van der Waals surface area contributed by atoms with Crippen LogP contribution in [0.4, 0.5) is 0 Å². The molecule has 2 aromatic rings. The van der Waals surface area contributed by atoms with E-state index in [0.29, 0.717) is 0 Å². The molecule has 10 heteroatoms. The van der Waals surface area contributed by atoms with Crippen LogP contribution in [0.2, 0.25) is 0 Å². The smallest absolute Gasteiger partial charge is 0.338 e. The maximum Gasteiger partial charge on any atom is 0.338 e. The zero-order valence-electron chi connectivity index (χ0n) is 17.5. The second kappa shape index (κ2) is 10.7. The Morgan fingerprint density at radius 3 is 2.19 bits per heavy atom. The standard InChI is InChI=1S/C21H24N2O7S/c1-4-23(5-2)31(27,28)18-13-16(11-12-17(18)29-3)21(26)30-14-19(24)22-20(25)15-9-7-6-8-10-15/h6-13H,4-5,14H2,1-3H3,(H,22,24,25). The van der Waals surface area contributed by atoms with Crippen molar-refractivity contribution in [1.82, 2.24) is 9.62 Å². The van der Waals surface area contributed by atoms with E-state index < -0.39 is 34.4 Å². The Morgan fingerprint density at radius 1 is 0.968 bits per heavy atom. The van der Waals surface area contributed by atoms with Gasteiger partial charge in [0.15, 0.2) is 6.61 Å². The summed E-state index contributed by atoms with van der Waals surface area (Å²) < 4.78 is 37.0. The first-order valence-corrected chi connectivity index (χ1v) is 10.9. The van der Waals surface area contributed by atoms with Gasteiger partial charge in [-0.25, -0.2) is 13.2 Å². The molecule has 2 rings (SSSR count). The first kappa shape index (κ1) is 24.0. The summed E-state index contributed by atoms with van der Waals surface area (Å²) in [6.45, 7) is 3.17. The topological polar surface area (TPSA) is 119 Å². The lowest BCUT2D eigenvalue weighted by molar-refractivity contribution is -0.123. The Bertz CT molecular complexity index is 1050. The highest BCUT2D eigenvalue weighted by atomic mass is 32.2. The van der Waals surface area contributed by atoms with Crippen LogP contribution in [-0.4, -0.2) is 57.3 Å². The average Bonchev–Trinajstić information content (AvgIpc) is 2.78. The number of imide groups is 1. The Kier molecular flexibility index (Phi) is 8.29. The third kappa shape index (κ3) is 5.89. The number of amides is 2. The van der Waals surface area contributed by atoms with Gasteiger partial charge in [-0.15, -0.1) is 0 Å². The van der Waals surface area contributed by atoms with Gasteiger partial charge < -0.3 is 9.47 Å². The SMILES string of the molecule is CCN(CC)S(=O)(=O)c1cc(C(=O)OCC(=O)NC(=O)c2ccccc2)ccc1OC. The lowest BCUT2D eigenvalue weighted by Crippen LogP contribution is -2.34. The lowest BCUT2D eigenvalue weighted by Gasteiger charge is -2.20. The van der Waals surface area contributed by atoms with Gasteiger partial charge in [-0.2, -0.15) is 4.31 Å². The summed E-state index contributed by atoms with van der Waals surface area (Å²) in [4.78, 5) is 36.1. The summed E-state index contributed by atoms with van der Waals surface area (Å²) in [6, 6.07) is 11.9.